The number of carbonyl (C=O) groups excluding carboxylic acids is 1. The van der Waals surface area contributed by atoms with Crippen LogP contribution in [0.4, 0.5) is 0 Å². The van der Waals surface area contributed by atoms with E-state index in [0.717, 1.165) is 12.0 Å². The zero-order valence-electron chi connectivity index (χ0n) is 9.46. The van der Waals surface area contributed by atoms with Gasteiger partial charge in [-0.25, -0.2) is 0 Å². The average molecular weight is 225 g/mol. The molecule has 0 aliphatic carbocycles. The van der Waals surface area contributed by atoms with Gasteiger partial charge in [0.2, 0.25) is 5.24 Å². The van der Waals surface area contributed by atoms with Gasteiger partial charge < -0.3 is 0 Å². The zero-order valence-corrected chi connectivity index (χ0v) is 10.2. The van der Waals surface area contributed by atoms with Crippen molar-refractivity contribution < 1.29 is 4.79 Å². The van der Waals surface area contributed by atoms with E-state index >= 15 is 0 Å². The van der Waals surface area contributed by atoms with Gasteiger partial charge in [0.15, 0.2) is 0 Å². The molecular weight excluding hydrogens is 208 g/mol. The van der Waals surface area contributed by atoms with Gasteiger partial charge in [-0.05, 0) is 35.1 Å². The molecule has 0 aliphatic heterocycles. The van der Waals surface area contributed by atoms with Gasteiger partial charge in [0.1, 0.15) is 0 Å². The smallest absolute Gasteiger partial charge is 0.229 e. The van der Waals surface area contributed by atoms with Crippen LogP contribution in [0.1, 0.15) is 50.2 Å². The molecule has 2 heteroatoms. The third-order valence-corrected chi connectivity index (χ3v) is 2.95. The van der Waals surface area contributed by atoms with Gasteiger partial charge in [-0.3, -0.25) is 4.79 Å². The minimum atomic E-state index is -0.269. The van der Waals surface area contributed by atoms with Crippen LogP contribution in [0, 0.1) is 0 Å². The summed E-state index contributed by atoms with van der Waals surface area (Å²) < 4.78 is 0. The predicted molar refractivity (Wildman–Crippen MR) is 64.4 cm³/mol. The van der Waals surface area contributed by atoms with E-state index in [1.807, 2.05) is 19.1 Å². The molecule has 15 heavy (non-hydrogen) atoms. The summed E-state index contributed by atoms with van der Waals surface area (Å²) in [6.07, 6.45) is 0.753. The van der Waals surface area contributed by atoms with Crippen molar-refractivity contribution in [1.82, 2.24) is 0 Å². The van der Waals surface area contributed by atoms with Gasteiger partial charge in [-0.15, -0.1) is 0 Å². The second-order valence-electron chi connectivity index (χ2n) is 4.09. The van der Waals surface area contributed by atoms with Gasteiger partial charge in [0, 0.05) is 0 Å². The largest absolute Gasteiger partial charge is 0.281 e. The number of benzene rings is 1. The van der Waals surface area contributed by atoms with Crippen LogP contribution in [0.25, 0.3) is 0 Å². The summed E-state index contributed by atoms with van der Waals surface area (Å²) >= 11 is 5.54. The van der Waals surface area contributed by atoms with Crippen LogP contribution < -0.4 is 0 Å². The molecule has 0 saturated heterocycles. The van der Waals surface area contributed by atoms with Crippen molar-refractivity contribution in [3.63, 3.8) is 0 Å². The van der Waals surface area contributed by atoms with Crippen molar-refractivity contribution in [3.8, 4) is 0 Å². The van der Waals surface area contributed by atoms with E-state index in [1.54, 1.807) is 0 Å². The first-order chi connectivity index (χ1) is 7.06. The molecule has 0 heterocycles. The van der Waals surface area contributed by atoms with Crippen LogP contribution in [0.15, 0.2) is 24.3 Å². The molecule has 1 aromatic carbocycles. The SMILES string of the molecule is CCC(C(=O)Cl)c1ccc(C(C)C)cc1. The molecule has 0 spiro atoms. The number of carbonyl (C=O) groups is 1. The van der Waals surface area contributed by atoms with Gasteiger partial charge in [0.25, 0.3) is 0 Å². The topological polar surface area (TPSA) is 17.1 Å². The molecule has 0 saturated carbocycles. The van der Waals surface area contributed by atoms with E-state index in [0.29, 0.717) is 5.92 Å². The lowest BCUT2D eigenvalue weighted by Gasteiger charge is -2.12. The third-order valence-electron chi connectivity index (χ3n) is 2.69. The summed E-state index contributed by atoms with van der Waals surface area (Å²) in [7, 11) is 0. The van der Waals surface area contributed by atoms with Crippen LogP contribution in [-0.2, 0) is 4.79 Å². The molecule has 0 aliphatic rings. The molecule has 0 fully saturated rings. The van der Waals surface area contributed by atoms with Crippen LogP contribution >= 0.6 is 11.6 Å². The van der Waals surface area contributed by atoms with E-state index in [9.17, 15) is 4.79 Å². The molecule has 1 aromatic rings. The first-order valence-electron chi connectivity index (χ1n) is 5.35. The Kier molecular flexibility index (Phi) is 4.34. The molecule has 82 valence electrons. The highest BCUT2D eigenvalue weighted by Crippen LogP contribution is 2.24. The Hall–Kier alpha value is -0.820. The fraction of sp³-hybridized carbons (Fsp3) is 0.462. The maximum absolute atomic E-state index is 11.2. The summed E-state index contributed by atoms with van der Waals surface area (Å²) in [5.74, 6) is 0.360. The number of rotatable bonds is 4. The Bertz CT molecular complexity index is 327. The Morgan fingerprint density at radius 2 is 1.67 bits per heavy atom. The average Bonchev–Trinajstić information content (AvgIpc) is 2.19. The highest BCUT2D eigenvalue weighted by molar-refractivity contribution is 6.64. The highest BCUT2D eigenvalue weighted by atomic mass is 35.5. The van der Waals surface area contributed by atoms with E-state index in [-0.39, 0.29) is 11.2 Å². The van der Waals surface area contributed by atoms with Crippen LogP contribution in [0.5, 0.6) is 0 Å². The molecular formula is C13H17ClO. The number of hydrogen-bond donors (Lipinski definition) is 0. The summed E-state index contributed by atoms with van der Waals surface area (Å²) in [5.41, 5.74) is 2.30. The first-order valence-corrected chi connectivity index (χ1v) is 5.73. The molecule has 0 N–H and O–H groups in total. The fourth-order valence-electron chi connectivity index (χ4n) is 1.64. The van der Waals surface area contributed by atoms with Crippen LogP contribution in [0.3, 0.4) is 0 Å². The molecule has 1 nitrogen and oxygen atoms in total. The van der Waals surface area contributed by atoms with Crippen molar-refractivity contribution in [2.24, 2.45) is 0 Å². The predicted octanol–water partition coefficient (Wildman–Crippen LogP) is 4.07. The van der Waals surface area contributed by atoms with E-state index < -0.39 is 0 Å². The maximum Gasteiger partial charge on any atom is 0.229 e. The van der Waals surface area contributed by atoms with Gasteiger partial charge >= 0.3 is 0 Å². The lowest BCUT2D eigenvalue weighted by Crippen LogP contribution is -2.05. The normalized spacial score (nSPS) is 12.9. The Morgan fingerprint density at radius 1 is 1.20 bits per heavy atom. The van der Waals surface area contributed by atoms with Crippen LogP contribution in [0.2, 0.25) is 0 Å². The fourth-order valence-corrected chi connectivity index (χ4v) is 1.92. The quantitative estimate of drug-likeness (QED) is 0.705. The molecule has 0 amide bonds. The van der Waals surface area contributed by atoms with Gasteiger partial charge in [-0.1, -0.05) is 45.0 Å². The Morgan fingerprint density at radius 3 is 2.00 bits per heavy atom. The molecule has 1 rings (SSSR count). The monoisotopic (exact) mass is 224 g/mol. The zero-order chi connectivity index (χ0) is 11.4. The summed E-state index contributed by atoms with van der Waals surface area (Å²) in [5, 5.41) is -0.269. The molecule has 1 atom stereocenters. The molecule has 1 unspecified atom stereocenters. The second kappa shape index (κ2) is 5.32. The van der Waals surface area contributed by atoms with E-state index in [2.05, 4.69) is 26.0 Å². The Balaban J connectivity index is 2.92. The van der Waals surface area contributed by atoms with Crippen molar-refractivity contribution in [1.29, 1.82) is 0 Å². The highest BCUT2D eigenvalue weighted by Gasteiger charge is 2.16. The van der Waals surface area contributed by atoms with Crippen LogP contribution in [-0.4, -0.2) is 5.24 Å². The van der Waals surface area contributed by atoms with Gasteiger partial charge in [0.05, 0.1) is 5.92 Å². The summed E-state index contributed by atoms with van der Waals surface area (Å²) in [6, 6.07) is 8.15. The van der Waals surface area contributed by atoms with E-state index in [1.165, 1.54) is 5.56 Å². The number of hydrogen-bond acceptors (Lipinski definition) is 1. The minimum absolute atomic E-state index is 0.159. The standard InChI is InChI=1S/C13H17ClO/c1-4-12(13(14)15)11-7-5-10(6-8-11)9(2)3/h5-9,12H,4H2,1-3H3. The summed E-state index contributed by atoms with van der Waals surface area (Å²) in [6.45, 7) is 6.28. The van der Waals surface area contributed by atoms with Crippen molar-refractivity contribution in [3.05, 3.63) is 35.4 Å². The lowest BCUT2D eigenvalue weighted by atomic mass is 9.94. The van der Waals surface area contributed by atoms with Crippen molar-refractivity contribution >= 4 is 16.8 Å². The van der Waals surface area contributed by atoms with Crippen molar-refractivity contribution in [2.75, 3.05) is 0 Å². The molecule has 0 aromatic heterocycles. The lowest BCUT2D eigenvalue weighted by molar-refractivity contribution is -0.113. The maximum atomic E-state index is 11.2. The second-order valence-corrected chi connectivity index (χ2v) is 4.46. The minimum Gasteiger partial charge on any atom is -0.281 e. The van der Waals surface area contributed by atoms with Crippen molar-refractivity contribution in [2.45, 2.75) is 39.0 Å². The molecule has 0 radical (unpaired) electrons. The first kappa shape index (κ1) is 12.3. The number of halogens is 1. The van der Waals surface area contributed by atoms with Gasteiger partial charge in [-0.2, -0.15) is 0 Å². The third kappa shape index (κ3) is 3.07. The molecule has 0 bridgehead atoms. The van der Waals surface area contributed by atoms with E-state index in [4.69, 9.17) is 11.6 Å². The summed E-state index contributed by atoms with van der Waals surface area (Å²) in [4.78, 5) is 11.2. The Labute approximate surface area is 96.5 Å².